The van der Waals surface area contributed by atoms with Gasteiger partial charge in [0.15, 0.2) is 0 Å². The minimum atomic E-state index is -0.487. The number of hydrogen-bond donors (Lipinski definition) is 2. The van der Waals surface area contributed by atoms with Gasteiger partial charge in [-0.1, -0.05) is 50.9 Å². The molecule has 3 N–H and O–H groups in total. The second kappa shape index (κ2) is 8.23. The van der Waals surface area contributed by atoms with Gasteiger partial charge in [-0.2, -0.15) is 0 Å². The first-order valence-corrected chi connectivity index (χ1v) is 12.6. The molecule has 2 heterocycles. The first-order chi connectivity index (χ1) is 14.6. The average molecular weight is 475 g/mol. The maximum atomic E-state index is 13.1. The second-order valence-corrected chi connectivity index (χ2v) is 11.6. The maximum absolute atomic E-state index is 13.1. The summed E-state index contributed by atoms with van der Waals surface area (Å²) < 4.78 is 0.973. The molecule has 7 heteroatoms. The van der Waals surface area contributed by atoms with Crippen LogP contribution in [-0.4, -0.2) is 11.8 Å². The maximum Gasteiger partial charge on any atom is 0.267 e. The van der Waals surface area contributed by atoms with Crippen molar-refractivity contribution in [1.82, 2.24) is 0 Å². The molecule has 3 aromatic rings. The van der Waals surface area contributed by atoms with Crippen LogP contribution < -0.4 is 11.1 Å². The third kappa shape index (κ3) is 4.01. The molecule has 1 atom stereocenters. The smallest absolute Gasteiger partial charge is 0.267 e. The van der Waals surface area contributed by atoms with Gasteiger partial charge in [0.1, 0.15) is 9.88 Å². The van der Waals surface area contributed by atoms with Gasteiger partial charge in [0.2, 0.25) is 0 Å². The van der Waals surface area contributed by atoms with Crippen molar-refractivity contribution >= 4 is 61.2 Å². The number of primary amides is 1. The summed E-state index contributed by atoms with van der Waals surface area (Å²) in [6.45, 7) is 8.84. The first-order valence-electron chi connectivity index (χ1n) is 10.6. The molecule has 0 bridgehead atoms. The van der Waals surface area contributed by atoms with E-state index in [9.17, 15) is 9.59 Å². The molecule has 0 saturated carbocycles. The fraction of sp³-hybridized carbons (Fsp3) is 0.417. The fourth-order valence-electron chi connectivity index (χ4n) is 4.37. The van der Waals surface area contributed by atoms with Gasteiger partial charge in [-0.15, -0.1) is 22.7 Å². The van der Waals surface area contributed by atoms with Crippen LogP contribution in [0.2, 0.25) is 5.02 Å². The highest BCUT2D eigenvalue weighted by atomic mass is 35.5. The molecule has 0 fully saturated rings. The largest absolute Gasteiger partial charge is 0.365 e. The Labute approximate surface area is 195 Å². The normalized spacial score (nSPS) is 16.4. The van der Waals surface area contributed by atoms with E-state index in [2.05, 4.69) is 26.1 Å². The lowest BCUT2D eigenvalue weighted by molar-refractivity contribution is 0.0999. The quantitative estimate of drug-likeness (QED) is 0.426. The van der Waals surface area contributed by atoms with Gasteiger partial charge in [-0.3, -0.25) is 9.59 Å². The Morgan fingerprint density at radius 1 is 1.29 bits per heavy atom. The van der Waals surface area contributed by atoms with Crippen molar-refractivity contribution in [2.45, 2.75) is 53.4 Å². The van der Waals surface area contributed by atoms with Gasteiger partial charge < -0.3 is 11.1 Å². The van der Waals surface area contributed by atoms with Crippen LogP contribution in [0.15, 0.2) is 18.2 Å². The van der Waals surface area contributed by atoms with Crippen molar-refractivity contribution in [3.8, 4) is 0 Å². The summed E-state index contributed by atoms with van der Waals surface area (Å²) in [5.41, 5.74) is 8.57. The predicted molar refractivity (Wildman–Crippen MR) is 132 cm³/mol. The van der Waals surface area contributed by atoms with E-state index in [1.807, 2.05) is 25.1 Å². The highest BCUT2D eigenvalue weighted by molar-refractivity contribution is 7.22. The van der Waals surface area contributed by atoms with Crippen LogP contribution in [-0.2, 0) is 12.8 Å². The lowest BCUT2D eigenvalue weighted by Crippen LogP contribution is -2.29. The summed E-state index contributed by atoms with van der Waals surface area (Å²) in [6.07, 6.45) is 3.87. The highest BCUT2D eigenvalue weighted by Gasteiger charge is 2.35. The molecule has 4 nitrogen and oxygen atoms in total. The van der Waals surface area contributed by atoms with Gasteiger partial charge in [0.25, 0.3) is 11.8 Å². The molecule has 164 valence electrons. The zero-order chi connectivity index (χ0) is 22.5. The van der Waals surface area contributed by atoms with Gasteiger partial charge >= 0.3 is 0 Å². The summed E-state index contributed by atoms with van der Waals surface area (Å²) in [5, 5.41) is 4.81. The van der Waals surface area contributed by atoms with Gasteiger partial charge in [0.05, 0.1) is 10.6 Å². The lowest BCUT2D eigenvalue weighted by Gasteiger charge is -2.36. The number of carbonyl (C=O) groups is 2. The molecule has 1 aromatic carbocycles. The SMILES string of the molecule is CCC(C)(C)C1CCc2c(sc(NC(=O)c3sc4cc(C)ccc4c3Cl)c2C(N)=O)C1. The summed E-state index contributed by atoms with van der Waals surface area (Å²) in [6, 6.07) is 5.95. The van der Waals surface area contributed by atoms with E-state index in [4.69, 9.17) is 17.3 Å². The Hall–Kier alpha value is -1.89. The number of fused-ring (bicyclic) bond motifs is 2. The average Bonchev–Trinajstić information content (AvgIpc) is 3.24. The van der Waals surface area contributed by atoms with Gasteiger partial charge in [-0.05, 0) is 54.7 Å². The lowest BCUT2D eigenvalue weighted by atomic mass is 9.69. The number of thiophene rings is 2. The number of anilines is 1. The molecule has 2 amide bonds. The monoisotopic (exact) mass is 474 g/mol. The Morgan fingerprint density at radius 3 is 2.71 bits per heavy atom. The van der Waals surface area contributed by atoms with E-state index in [0.29, 0.717) is 26.4 Å². The van der Waals surface area contributed by atoms with E-state index >= 15 is 0 Å². The van der Waals surface area contributed by atoms with Gasteiger partial charge in [0, 0.05) is 15.0 Å². The number of nitrogens with two attached hydrogens (primary N) is 1. The molecule has 1 aliphatic carbocycles. The Balaban J connectivity index is 1.67. The van der Waals surface area contributed by atoms with Crippen molar-refractivity contribution in [3.05, 3.63) is 49.7 Å². The predicted octanol–water partition coefficient (Wildman–Crippen LogP) is 6.82. The van der Waals surface area contributed by atoms with E-state index in [1.165, 1.54) is 27.6 Å². The second-order valence-electron chi connectivity index (χ2n) is 9.05. The Bertz CT molecular complexity index is 1190. The molecule has 4 rings (SSSR count). The third-order valence-electron chi connectivity index (χ3n) is 6.75. The topological polar surface area (TPSA) is 72.2 Å². The highest BCUT2D eigenvalue weighted by Crippen LogP contribution is 2.46. The van der Waals surface area contributed by atoms with Crippen LogP contribution >= 0.6 is 34.3 Å². The van der Waals surface area contributed by atoms with Crippen molar-refractivity contribution in [1.29, 1.82) is 0 Å². The minimum Gasteiger partial charge on any atom is -0.365 e. The molecule has 2 aromatic heterocycles. The molecule has 0 radical (unpaired) electrons. The van der Waals surface area contributed by atoms with Crippen LogP contribution in [0.5, 0.6) is 0 Å². The number of hydrogen-bond acceptors (Lipinski definition) is 4. The standard InChI is InChI=1S/C24H27ClN2O2S2/c1-5-24(3,4)13-7-9-14-17(11-13)31-23(18(14)21(26)28)27-22(29)20-19(25)15-8-6-12(2)10-16(15)30-20/h6,8,10,13H,5,7,9,11H2,1-4H3,(H2,26,28)(H,27,29). The molecular formula is C24H27ClN2O2S2. The number of amides is 2. The third-order valence-corrected chi connectivity index (χ3v) is 9.57. The fourth-order valence-corrected chi connectivity index (χ4v) is 7.21. The zero-order valence-electron chi connectivity index (χ0n) is 18.2. The van der Waals surface area contributed by atoms with E-state index < -0.39 is 5.91 Å². The molecular weight excluding hydrogens is 448 g/mol. The number of nitrogens with one attached hydrogen (secondary N) is 1. The van der Waals surface area contributed by atoms with Crippen molar-refractivity contribution < 1.29 is 9.59 Å². The van der Waals surface area contributed by atoms with Crippen LogP contribution in [0.3, 0.4) is 0 Å². The summed E-state index contributed by atoms with van der Waals surface area (Å²) in [7, 11) is 0. The summed E-state index contributed by atoms with van der Waals surface area (Å²) in [5.74, 6) is -0.234. The number of halogens is 1. The number of rotatable bonds is 5. The van der Waals surface area contributed by atoms with Crippen LogP contribution in [0.4, 0.5) is 5.00 Å². The number of carbonyl (C=O) groups excluding carboxylic acids is 2. The van der Waals surface area contributed by atoms with Crippen molar-refractivity contribution in [3.63, 3.8) is 0 Å². The number of aryl methyl sites for hydroxylation is 1. The molecule has 1 aliphatic rings. The molecule has 0 aliphatic heterocycles. The summed E-state index contributed by atoms with van der Waals surface area (Å²) >= 11 is 9.37. The van der Waals surface area contributed by atoms with Crippen molar-refractivity contribution in [2.24, 2.45) is 17.1 Å². The van der Waals surface area contributed by atoms with Crippen molar-refractivity contribution in [2.75, 3.05) is 5.32 Å². The first kappa shape index (κ1) is 22.3. The van der Waals surface area contributed by atoms with E-state index in [0.717, 1.165) is 46.9 Å². The molecule has 0 spiro atoms. The van der Waals surface area contributed by atoms with E-state index in [-0.39, 0.29) is 11.3 Å². The minimum absolute atomic E-state index is 0.237. The summed E-state index contributed by atoms with van der Waals surface area (Å²) in [4.78, 5) is 27.0. The zero-order valence-corrected chi connectivity index (χ0v) is 20.6. The van der Waals surface area contributed by atoms with Crippen LogP contribution in [0, 0.1) is 18.3 Å². The number of benzene rings is 1. The van der Waals surface area contributed by atoms with Crippen LogP contribution in [0.25, 0.3) is 10.1 Å². The molecule has 1 unspecified atom stereocenters. The molecule has 31 heavy (non-hydrogen) atoms. The Kier molecular flexibility index (Phi) is 5.92. The van der Waals surface area contributed by atoms with E-state index in [1.54, 1.807) is 0 Å². The molecule has 0 saturated heterocycles. The van der Waals surface area contributed by atoms with Crippen LogP contribution in [0.1, 0.15) is 69.6 Å². The Morgan fingerprint density at radius 2 is 2.03 bits per heavy atom. The van der Waals surface area contributed by atoms with Gasteiger partial charge in [-0.25, -0.2) is 0 Å².